The molecule has 3 rings (SSSR count). The Kier molecular flexibility index (Phi) is 7.91. The number of benzene rings is 2. The minimum absolute atomic E-state index is 0.0311. The fourth-order valence-electron chi connectivity index (χ4n) is 4.31. The van der Waals surface area contributed by atoms with Gasteiger partial charge in [-0.15, -0.1) is 0 Å². The number of carbonyl (C=O) groups excluding carboxylic acids is 2. The highest BCUT2D eigenvalue weighted by Gasteiger charge is 2.35. The fraction of sp³-hybridized carbons (Fsp3) is 0.462. The van der Waals surface area contributed by atoms with Crippen LogP contribution in [0.25, 0.3) is 0 Å². The summed E-state index contributed by atoms with van der Waals surface area (Å²) in [6, 6.07) is 15.4. The molecule has 2 amide bonds. The summed E-state index contributed by atoms with van der Waals surface area (Å²) in [5, 5.41) is 3.12. The van der Waals surface area contributed by atoms with E-state index in [1.807, 2.05) is 70.4 Å². The maximum absolute atomic E-state index is 13.4. The van der Waals surface area contributed by atoms with Crippen LogP contribution in [0, 0.1) is 5.92 Å². The largest absolute Gasteiger partial charge is 0.496 e. The van der Waals surface area contributed by atoms with Gasteiger partial charge < -0.3 is 19.9 Å². The standard InChI is InChI=1S/C26H35N3O3/c1-18(2)14-25(30)29-17-20-11-7-6-10-19(20)15-22(29)26(31)27-16-23(28(3)4)21-12-8-9-13-24(21)32-5/h6-13,18,22-23H,14-17H2,1-5H3,(H,27,31). The molecule has 2 atom stereocenters. The van der Waals surface area contributed by atoms with Gasteiger partial charge in [-0.2, -0.15) is 0 Å². The molecule has 1 aliphatic rings. The van der Waals surface area contributed by atoms with E-state index < -0.39 is 6.04 Å². The van der Waals surface area contributed by atoms with Crippen molar-refractivity contribution in [2.45, 2.75) is 45.3 Å². The first kappa shape index (κ1) is 23.8. The fourth-order valence-corrected chi connectivity index (χ4v) is 4.31. The van der Waals surface area contributed by atoms with Crippen molar-refractivity contribution in [1.82, 2.24) is 15.1 Å². The SMILES string of the molecule is COc1ccccc1C(CNC(=O)C1Cc2ccccc2CN1C(=O)CC(C)C)N(C)C. The first-order valence-electron chi connectivity index (χ1n) is 11.2. The smallest absolute Gasteiger partial charge is 0.243 e. The van der Waals surface area contributed by atoms with E-state index in [1.165, 1.54) is 0 Å². The van der Waals surface area contributed by atoms with E-state index in [-0.39, 0.29) is 23.8 Å². The Hall–Kier alpha value is -2.86. The van der Waals surface area contributed by atoms with E-state index in [2.05, 4.69) is 16.3 Å². The van der Waals surface area contributed by atoms with Crippen molar-refractivity contribution in [2.24, 2.45) is 5.92 Å². The van der Waals surface area contributed by atoms with Gasteiger partial charge in [0.1, 0.15) is 11.8 Å². The number of hydrogen-bond acceptors (Lipinski definition) is 4. The number of hydrogen-bond donors (Lipinski definition) is 1. The minimum atomic E-state index is -0.503. The number of likely N-dealkylation sites (N-methyl/N-ethyl adjacent to an activating group) is 1. The number of carbonyl (C=O) groups is 2. The second-order valence-electron chi connectivity index (χ2n) is 9.07. The molecule has 6 nitrogen and oxygen atoms in total. The first-order chi connectivity index (χ1) is 15.3. The Morgan fingerprint density at radius 3 is 2.41 bits per heavy atom. The molecule has 0 radical (unpaired) electrons. The Bertz CT molecular complexity index is 941. The first-order valence-corrected chi connectivity index (χ1v) is 11.2. The predicted octanol–water partition coefficient (Wildman–Crippen LogP) is 3.41. The van der Waals surface area contributed by atoms with Crippen LogP contribution in [0.1, 0.15) is 43.0 Å². The third-order valence-corrected chi connectivity index (χ3v) is 6.05. The van der Waals surface area contributed by atoms with Gasteiger partial charge in [-0.25, -0.2) is 0 Å². The van der Waals surface area contributed by atoms with Crippen molar-refractivity contribution in [3.8, 4) is 5.75 Å². The van der Waals surface area contributed by atoms with Crippen LogP contribution in [0.4, 0.5) is 0 Å². The van der Waals surface area contributed by atoms with Gasteiger partial charge in [-0.3, -0.25) is 9.59 Å². The van der Waals surface area contributed by atoms with Crippen LogP contribution in [0.2, 0.25) is 0 Å². The average Bonchev–Trinajstić information content (AvgIpc) is 2.77. The lowest BCUT2D eigenvalue weighted by Gasteiger charge is -2.37. The highest BCUT2D eigenvalue weighted by atomic mass is 16.5. The normalized spacial score (nSPS) is 16.6. The van der Waals surface area contributed by atoms with Crippen molar-refractivity contribution < 1.29 is 14.3 Å². The highest BCUT2D eigenvalue weighted by Crippen LogP contribution is 2.28. The molecule has 1 N–H and O–H groups in total. The molecular weight excluding hydrogens is 402 g/mol. The monoisotopic (exact) mass is 437 g/mol. The molecule has 1 heterocycles. The van der Waals surface area contributed by atoms with Crippen molar-refractivity contribution in [3.05, 3.63) is 65.2 Å². The number of fused-ring (bicyclic) bond motifs is 1. The summed E-state index contributed by atoms with van der Waals surface area (Å²) in [6.45, 7) is 4.96. The lowest BCUT2D eigenvalue weighted by molar-refractivity contribution is -0.142. The molecule has 0 bridgehead atoms. The third kappa shape index (κ3) is 5.49. The molecule has 0 saturated carbocycles. The molecule has 2 unspecified atom stereocenters. The van der Waals surface area contributed by atoms with Gasteiger partial charge in [-0.05, 0) is 37.2 Å². The molecular formula is C26H35N3O3. The molecule has 1 aliphatic heterocycles. The number of methoxy groups -OCH3 is 1. The van der Waals surface area contributed by atoms with Crippen molar-refractivity contribution in [2.75, 3.05) is 27.7 Å². The zero-order valence-corrected chi connectivity index (χ0v) is 19.8. The Balaban J connectivity index is 1.79. The summed E-state index contributed by atoms with van der Waals surface area (Å²) >= 11 is 0. The number of nitrogens with one attached hydrogen (secondary N) is 1. The topological polar surface area (TPSA) is 61.9 Å². The molecule has 32 heavy (non-hydrogen) atoms. The number of nitrogens with zero attached hydrogens (tertiary/aromatic N) is 2. The number of para-hydroxylation sites is 1. The van der Waals surface area contributed by atoms with Gasteiger partial charge in [0.25, 0.3) is 0 Å². The van der Waals surface area contributed by atoms with E-state index >= 15 is 0 Å². The zero-order chi connectivity index (χ0) is 23.3. The summed E-state index contributed by atoms with van der Waals surface area (Å²) in [4.78, 5) is 30.2. The number of rotatable bonds is 8. The lowest BCUT2D eigenvalue weighted by atomic mass is 9.92. The molecule has 2 aromatic carbocycles. The zero-order valence-electron chi connectivity index (χ0n) is 19.8. The molecule has 172 valence electrons. The number of ether oxygens (including phenoxy) is 1. The summed E-state index contributed by atoms with van der Waals surface area (Å²) in [7, 11) is 5.62. The summed E-state index contributed by atoms with van der Waals surface area (Å²) in [5.41, 5.74) is 3.27. The van der Waals surface area contributed by atoms with Gasteiger partial charge in [-0.1, -0.05) is 56.3 Å². The molecule has 0 aliphatic carbocycles. The Labute approximate surface area is 191 Å². The van der Waals surface area contributed by atoms with E-state index in [9.17, 15) is 9.59 Å². The Morgan fingerprint density at radius 2 is 1.75 bits per heavy atom. The minimum Gasteiger partial charge on any atom is -0.496 e. The number of amides is 2. The maximum Gasteiger partial charge on any atom is 0.243 e. The third-order valence-electron chi connectivity index (χ3n) is 6.05. The average molecular weight is 438 g/mol. The highest BCUT2D eigenvalue weighted by molar-refractivity contribution is 5.88. The van der Waals surface area contributed by atoms with Crippen LogP contribution in [0.3, 0.4) is 0 Å². The molecule has 6 heteroatoms. The van der Waals surface area contributed by atoms with E-state index in [1.54, 1.807) is 12.0 Å². The lowest BCUT2D eigenvalue weighted by Crippen LogP contribution is -2.53. The van der Waals surface area contributed by atoms with Gasteiger partial charge in [0.15, 0.2) is 0 Å². The van der Waals surface area contributed by atoms with E-state index in [0.717, 1.165) is 22.4 Å². The van der Waals surface area contributed by atoms with Gasteiger partial charge in [0.2, 0.25) is 11.8 Å². The quantitative estimate of drug-likeness (QED) is 0.688. The molecule has 0 aromatic heterocycles. The predicted molar refractivity (Wildman–Crippen MR) is 126 cm³/mol. The second-order valence-corrected chi connectivity index (χ2v) is 9.07. The van der Waals surface area contributed by atoms with E-state index in [0.29, 0.717) is 25.9 Å². The van der Waals surface area contributed by atoms with Crippen LogP contribution < -0.4 is 10.1 Å². The molecule has 0 saturated heterocycles. The van der Waals surface area contributed by atoms with Gasteiger partial charge in [0, 0.05) is 31.5 Å². The maximum atomic E-state index is 13.4. The molecule has 0 fully saturated rings. The Morgan fingerprint density at radius 1 is 1.09 bits per heavy atom. The van der Waals surface area contributed by atoms with Crippen molar-refractivity contribution >= 4 is 11.8 Å². The van der Waals surface area contributed by atoms with Crippen LogP contribution in [-0.4, -0.2) is 55.4 Å². The van der Waals surface area contributed by atoms with Crippen molar-refractivity contribution in [1.29, 1.82) is 0 Å². The molecule has 2 aromatic rings. The van der Waals surface area contributed by atoms with E-state index in [4.69, 9.17) is 4.74 Å². The molecule has 0 spiro atoms. The van der Waals surface area contributed by atoms with Gasteiger partial charge >= 0.3 is 0 Å². The van der Waals surface area contributed by atoms with Crippen LogP contribution in [0.15, 0.2) is 48.5 Å². The van der Waals surface area contributed by atoms with Crippen molar-refractivity contribution in [3.63, 3.8) is 0 Å². The van der Waals surface area contributed by atoms with Crippen LogP contribution in [0.5, 0.6) is 5.75 Å². The van der Waals surface area contributed by atoms with Crippen LogP contribution in [-0.2, 0) is 22.6 Å². The van der Waals surface area contributed by atoms with Crippen LogP contribution >= 0.6 is 0 Å². The summed E-state index contributed by atoms with van der Waals surface area (Å²) < 4.78 is 5.53. The summed E-state index contributed by atoms with van der Waals surface area (Å²) in [5.74, 6) is 0.953. The summed E-state index contributed by atoms with van der Waals surface area (Å²) in [6.07, 6.45) is 0.973. The van der Waals surface area contributed by atoms with Gasteiger partial charge in [0.05, 0.1) is 13.2 Å². The second kappa shape index (κ2) is 10.6.